The molecule has 0 aliphatic carbocycles. The number of nitrogens with zero attached hydrogens (tertiary/aromatic N) is 1. The second-order valence-electron chi connectivity index (χ2n) is 8.91. The number of carbonyl (C=O) groups excluding carboxylic acids is 1. The number of morpholine rings is 1. The summed E-state index contributed by atoms with van der Waals surface area (Å²) < 4.78 is 50.3. The molecule has 0 aromatic heterocycles. The van der Waals surface area contributed by atoms with E-state index in [0.29, 0.717) is 31.9 Å². The van der Waals surface area contributed by atoms with Crippen molar-refractivity contribution < 1.29 is 27.4 Å². The van der Waals surface area contributed by atoms with E-state index in [2.05, 4.69) is 64.3 Å². The summed E-state index contributed by atoms with van der Waals surface area (Å²) in [5, 5.41) is 2.65. The van der Waals surface area contributed by atoms with E-state index in [0.717, 1.165) is 29.7 Å². The number of nitrogens with one attached hydrogen (secondary N) is 1. The lowest BCUT2D eigenvalue weighted by Gasteiger charge is -2.27. The fourth-order valence-electron chi connectivity index (χ4n) is 3.70. The lowest BCUT2D eigenvalue weighted by atomic mass is 10.1. The van der Waals surface area contributed by atoms with Gasteiger partial charge in [-0.2, -0.15) is 13.2 Å². The average Bonchev–Trinajstić information content (AvgIpc) is 2.90. The van der Waals surface area contributed by atoms with Crippen LogP contribution in [0.4, 0.5) is 18.9 Å². The number of hydrogen-bond acceptors (Lipinski definition) is 4. The molecule has 1 aliphatic rings. The molecule has 0 radical (unpaired) electrons. The van der Waals surface area contributed by atoms with Crippen molar-refractivity contribution in [3.05, 3.63) is 99.5 Å². The highest BCUT2D eigenvalue weighted by atomic mass is 79.9. The fourth-order valence-corrected chi connectivity index (χ4v) is 3.96. The summed E-state index contributed by atoms with van der Waals surface area (Å²) in [5.41, 5.74) is 2.89. The van der Waals surface area contributed by atoms with E-state index >= 15 is 0 Å². The molecular formula is C29H32BrF3N2O3. The zero-order valence-corrected chi connectivity index (χ0v) is 23.0. The Balaban J connectivity index is 0.000000427. The second kappa shape index (κ2) is 14.4. The van der Waals surface area contributed by atoms with Gasteiger partial charge in [-0.25, -0.2) is 0 Å². The Morgan fingerprint density at radius 2 is 1.55 bits per heavy atom. The van der Waals surface area contributed by atoms with Gasteiger partial charge in [0, 0.05) is 29.8 Å². The zero-order valence-electron chi connectivity index (χ0n) is 21.4. The van der Waals surface area contributed by atoms with Crippen LogP contribution in [-0.2, 0) is 20.4 Å². The summed E-state index contributed by atoms with van der Waals surface area (Å²) in [6.45, 7) is 8.19. The van der Waals surface area contributed by atoms with Crippen LogP contribution in [0.3, 0.4) is 0 Å². The number of carbonyl (C=O) groups is 1. The summed E-state index contributed by atoms with van der Waals surface area (Å²) in [7, 11) is 0. The van der Waals surface area contributed by atoms with Gasteiger partial charge in [0.1, 0.15) is 0 Å². The number of hydrogen-bond donors (Lipinski definition) is 1. The molecule has 1 saturated heterocycles. The first-order valence-electron chi connectivity index (χ1n) is 12.3. The molecule has 3 aromatic carbocycles. The van der Waals surface area contributed by atoms with Crippen LogP contribution in [0.15, 0.2) is 77.3 Å². The minimum atomic E-state index is -4.43. The Hall–Kier alpha value is -2.72. The van der Waals surface area contributed by atoms with Crippen LogP contribution in [0.1, 0.15) is 28.4 Å². The molecule has 1 fully saturated rings. The summed E-state index contributed by atoms with van der Waals surface area (Å²) in [6, 6.07) is 19.8. The van der Waals surface area contributed by atoms with Gasteiger partial charge in [0.05, 0.1) is 25.4 Å². The number of benzene rings is 3. The van der Waals surface area contributed by atoms with E-state index in [1.165, 1.54) is 23.3 Å². The molecule has 204 valence electrons. The molecule has 38 heavy (non-hydrogen) atoms. The van der Waals surface area contributed by atoms with Crippen molar-refractivity contribution in [2.45, 2.75) is 26.1 Å². The minimum absolute atomic E-state index is 0.270. The molecule has 0 saturated carbocycles. The van der Waals surface area contributed by atoms with Gasteiger partial charge < -0.3 is 14.8 Å². The van der Waals surface area contributed by atoms with Gasteiger partial charge >= 0.3 is 6.18 Å². The Kier molecular flexibility index (Phi) is 11.3. The van der Waals surface area contributed by atoms with Gasteiger partial charge in [-0.3, -0.25) is 9.69 Å². The Morgan fingerprint density at radius 1 is 0.974 bits per heavy atom. The Morgan fingerprint density at radius 3 is 2.08 bits per heavy atom. The molecule has 1 amide bonds. The van der Waals surface area contributed by atoms with Crippen molar-refractivity contribution in [2.75, 3.05) is 44.8 Å². The van der Waals surface area contributed by atoms with E-state index < -0.39 is 23.8 Å². The molecule has 1 N–H and O–H groups in total. The van der Waals surface area contributed by atoms with Gasteiger partial charge in [0.2, 0.25) is 0 Å². The summed E-state index contributed by atoms with van der Waals surface area (Å²) in [4.78, 5) is 15.0. The van der Waals surface area contributed by atoms with Gasteiger partial charge in [-0.05, 0) is 66.9 Å². The molecule has 4 rings (SSSR count). The van der Waals surface area contributed by atoms with E-state index in [-0.39, 0.29) is 5.69 Å². The maximum Gasteiger partial charge on any atom is 0.416 e. The molecule has 9 heteroatoms. The lowest BCUT2D eigenvalue weighted by Crippen LogP contribution is -2.38. The highest BCUT2D eigenvalue weighted by Crippen LogP contribution is 2.30. The van der Waals surface area contributed by atoms with Crippen molar-refractivity contribution in [3.8, 4) is 0 Å². The molecule has 1 atom stereocenters. The van der Waals surface area contributed by atoms with E-state index in [9.17, 15) is 18.0 Å². The standard InChI is InChI=1S/C21H22BrF3N2O3.C8H10/c22-17-5-1-15(2-6-17)19(30-14-11-27-9-12-29-13-10-27)20(28)26-18-7-3-16(4-8-18)21(23,24)25;1-7-5-3-4-6-8(7)2/h1-8,19H,9-14H2,(H,26,28);3-6H,1-2H3. The molecule has 0 spiro atoms. The van der Waals surface area contributed by atoms with Crippen molar-refractivity contribution in [3.63, 3.8) is 0 Å². The van der Waals surface area contributed by atoms with Crippen molar-refractivity contribution in [1.29, 1.82) is 0 Å². The normalized spacial score (nSPS) is 14.8. The number of ether oxygens (including phenoxy) is 2. The van der Waals surface area contributed by atoms with Crippen molar-refractivity contribution in [2.24, 2.45) is 0 Å². The van der Waals surface area contributed by atoms with Crippen LogP contribution >= 0.6 is 15.9 Å². The smallest absolute Gasteiger partial charge is 0.379 e. The first-order valence-corrected chi connectivity index (χ1v) is 13.1. The monoisotopic (exact) mass is 592 g/mol. The summed E-state index contributed by atoms with van der Waals surface area (Å²) in [5.74, 6) is -0.445. The minimum Gasteiger partial charge on any atom is -0.379 e. The van der Waals surface area contributed by atoms with Crippen LogP contribution in [0, 0.1) is 13.8 Å². The van der Waals surface area contributed by atoms with Gasteiger partial charge in [-0.1, -0.05) is 52.3 Å². The number of alkyl halides is 3. The summed E-state index contributed by atoms with van der Waals surface area (Å²) >= 11 is 3.36. The van der Waals surface area contributed by atoms with E-state index in [1.54, 1.807) is 24.3 Å². The van der Waals surface area contributed by atoms with E-state index in [4.69, 9.17) is 9.47 Å². The average molecular weight is 593 g/mol. The van der Waals surface area contributed by atoms with Gasteiger partial charge in [-0.15, -0.1) is 0 Å². The third kappa shape index (κ3) is 9.54. The molecular weight excluding hydrogens is 561 g/mol. The molecule has 1 aliphatic heterocycles. The molecule has 3 aromatic rings. The van der Waals surface area contributed by atoms with Crippen molar-refractivity contribution >= 4 is 27.5 Å². The van der Waals surface area contributed by atoms with Gasteiger partial charge in [0.25, 0.3) is 5.91 Å². The predicted octanol–water partition coefficient (Wildman–Crippen LogP) is 6.80. The van der Waals surface area contributed by atoms with Crippen LogP contribution in [0.25, 0.3) is 0 Å². The molecule has 1 heterocycles. The van der Waals surface area contributed by atoms with Crippen LogP contribution < -0.4 is 5.32 Å². The van der Waals surface area contributed by atoms with Crippen LogP contribution in [0.2, 0.25) is 0 Å². The number of halogens is 4. The highest BCUT2D eigenvalue weighted by molar-refractivity contribution is 9.10. The largest absolute Gasteiger partial charge is 0.416 e. The van der Waals surface area contributed by atoms with E-state index in [1.807, 2.05) is 0 Å². The maximum atomic E-state index is 12.9. The third-order valence-corrected chi connectivity index (χ3v) is 6.64. The SMILES string of the molecule is Cc1ccccc1C.O=C(Nc1ccc(C(F)(F)F)cc1)C(OCCN1CCOCC1)c1ccc(Br)cc1. The highest BCUT2D eigenvalue weighted by Gasteiger charge is 2.30. The zero-order chi connectivity index (χ0) is 27.5. The summed E-state index contributed by atoms with van der Waals surface area (Å²) in [6.07, 6.45) is -5.31. The van der Waals surface area contributed by atoms with Gasteiger partial charge in [0.15, 0.2) is 6.10 Å². The van der Waals surface area contributed by atoms with Crippen LogP contribution in [-0.4, -0.2) is 50.3 Å². The number of anilines is 1. The molecule has 5 nitrogen and oxygen atoms in total. The molecule has 0 bridgehead atoms. The van der Waals surface area contributed by atoms with Crippen LogP contribution in [0.5, 0.6) is 0 Å². The third-order valence-electron chi connectivity index (χ3n) is 6.11. The topological polar surface area (TPSA) is 50.8 Å². The second-order valence-corrected chi connectivity index (χ2v) is 9.82. The predicted molar refractivity (Wildman–Crippen MR) is 146 cm³/mol. The maximum absolute atomic E-state index is 12.9. The Bertz CT molecular complexity index is 1130. The number of amides is 1. The van der Waals surface area contributed by atoms with Crippen molar-refractivity contribution in [1.82, 2.24) is 4.90 Å². The lowest BCUT2D eigenvalue weighted by molar-refractivity contribution is -0.137. The number of rotatable bonds is 7. The number of aryl methyl sites for hydroxylation is 2. The Labute approximate surface area is 230 Å². The first kappa shape index (κ1) is 29.8. The quantitative estimate of drug-likeness (QED) is 0.328. The molecule has 1 unspecified atom stereocenters. The first-order chi connectivity index (χ1) is 18.1. The fraction of sp³-hybridized carbons (Fsp3) is 0.345.